The van der Waals surface area contributed by atoms with Crippen LogP contribution in [0.25, 0.3) is 0 Å². The molecular formula is C30H33ClF3N3O4S. The monoisotopic (exact) mass is 623 g/mol. The summed E-state index contributed by atoms with van der Waals surface area (Å²) in [6.45, 7) is 4.41. The van der Waals surface area contributed by atoms with Gasteiger partial charge in [-0.2, -0.15) is 13.2 Å². The minimum atomic E-state index is -4.75. The molecule has 0 saturated carbocycles. The summed E-state index contributed by atoms with van der Waals surface area (Å²) in [6, 6.07) is 16.4. The Morgan fingerprint density at radius 3 is 2.17 bits per heavy atom. The van der Waals surface area contributed by atoms with Crippen LogP contribution in [-0.2, 0) is 32.3 Å². The molecule has 3 rings (SSSR count). The van der Waals surface area contributed by atoms with Crippen molar-refractivity contribution in [2.45, 2.75) is 63.3 Å². The maximum absolute atomic E-state index is 14.0. The Balaban J connectivity index is 2.12. The van der Waals surface area contributed by atoms with Gasteiger partial charge in [-0.05, 0) is 61.7 Å². The van der Waals surface area contributed by atoms with Crippen LogP contribution in [0.15, 0.2) is 83.8 Å². The largest absolute Gasteiger partial charge is 0.416 e. The zero-order valence-corrected chi connectivity index (χ0v) is 25.0. The third-order valence-electron chi connectivity index (χ3n) is 6.76. The first-order valence-electron chi connectivity index (χ1n) is 13.4. The molecule has 2 amide bonds. The highest BCUT2D eigenvalue weighted by atomic mass is 35.5. The zero-order chi connectivity index (χ0) is 31.1. The van der Waals surface area contributed by atoms with Crippen LogP contribution < -0.4 is 9.62 Å². The molecule has 0 fully saturated rings. The van der Waals surface area contributed by atoms with Gasteiger partial charge in [0.25, 0.3) is 10.0 Å². The lowest BCUT2D eigenvalue weighted by Gasteiger charge is -2.34. The Labute approximate surface area is 249 Å². The highest BCUT2D eigenvalue weighted by Crippen LogP contribution is 2.33. The molecule has 0 aliphatic heterocycles. The Hall–Kier alpha value is -3.57. The van der Waals surface area contributed by atoms with E-state index in [-0.39, 0.29) is 29.6 Å². The SMILES string of the molecule is CC[C@@H](C)NC(=O)[C@@H](CC)N(Cc1ccccc1Cl)C(=O)CN(c1cccc(C(F)(F)F)c1)S(=O)(=O)c1ccccc1. The van der Waals surface area contributed by atoms with Crippen LogP contribution in [0.3, 0.4) is 0 Å². The van der Waals surface area contributed by atoms with Crippen molar-refractivity contribution in [3.63, 3.8) is 0 Å². The number of nitrogens with zero attached hydrogens (tertiary/aromatic N) is 2. The van der Waals surface area contributed by atoms with E-state index in [4.69, 9.17) is 11.6 Å². The number of carbonyl (C=O) groups excluding carboxylic acids is 2. The third kappa shape index (κ3) is 8.04. The lowest BCUT2D eigenvalue weighted by Crippen LogP contribution is -2.53. The van der Waals surface area contributed by atoms with Crippen LogP contribution in [0.2, 0.25) is 5.02 Å². The summed E-state index contributed by atoms with van der Waals surface area (Å²) in [7, 11) is -4.51. The number of alkyl halides is 3. The number of nitrogens with one attached hydrogen (secondary N) is 1. The number of amides is 2. The molecule has 0 heterocycles. The number of benzene rings is 3. The number of sulfonamides is 1. The van der Waals surface area contributed by atoms with Gasteiger partial charge < -0.3 is 10.2 Å². The maximum Gasteiger partial charge on any atom is 0.416 e. The molecule has 42 heavy (non-hydrogen) atoms. The average molecular weight is 624 g/mol. The van der Waals surface area contributed by atoms with E-state index in [0.29, 0.717) is 27.4 Å². The van der Waals surface area contributed by atoms with Crippen molar-refractivity contribution in [3.05, 3.63) is 95.0 Å². The maximum atomic E-state index is 14.0. The lowest BCUT2D eigenvalue weighted by molar-refractivity contribution is -0.140. The van der Waals surface area contributed by atoms with Gasteiger partial charge in [0.2, 0.25) is 11.8 Å². The number of rotatable bonds is 12. The van der Waals surface area contributed by atoms with E-state index >= 15 is 0 Å². The Morgan fingerprint density at radius 1 is 0.929 bits per heavy atom. The van der Waals surface area contributed by atoms with Crippen LogP contribution in [-0.4, -0.2) is 43.8 Å². The predicted molar refractivity (Wildman–Crippen MR) is 156 cm³/mol. The van der Waals surface area contributed by atoms with Gasteiger partial charge in [0, 0.05) is 17.6 Å². The summed E-state index contributed by atoms with van der Waals surface area (Å²) in [4.78, 5) is 28.3. The minimum Gasteiger partial charge on any atom is -0.352 e. The smallest absolute Gasteiger partial charge is 0.352 e. The highest BCUT2D eigenvalue weighted by molar-refractivity contribution is 7.92. The molecule has 7 nitrogen and oxygen atoms in total. The van der Waals surface area contributed by atoms with Gasteiger partial charge in [-0.1, -0.05) is 67.9 Å². The molecular weight excluding hydrogens is 591 g/mol. The molecule has 226 valence electrons. The van der Waals surface area contributed by atoms with E-state index < -0.39 is 46.2 Å². The predicted octanol–water partition coefficient (Wildman–Crippen LogP) is 6.28. The highest BCUT2D eigenvalue weighted by Gasteiger charge is 2.36. The Bertz CT molecular complexity index is 1490. The zero-order valence-electron chi connectivity index (χ0n) is 23.4. The number of hydrogen-bond donors (Lipinski definition) is 1. The van der Waals surface area contributed by atoms with E-state index in [2.05, 4.69) is 5.32 Å². The second-order valence-electron chi connectivity index (χ2n) is 9.73. The average Bonchev–Trinajstić information content (AvgIpc) is 2.96. The standard InChI is InChI=1S/C30H33ClF3N3O4S/c1-4-21(3)35-29(39)27(5-2)36(19-22-12-9-10-17-26(22)31)28(38)20-37(42(40,41)25-15-7-6-8-16-25)24-14-11-13-23(18-24)30(32,33)34/h6-18,21,27H,4-5,19-20H2,1-3H3,(H,35,39)/t21-,27-/m1/s1. The first-order chi connectivity index (χ1) is 19.8. The Kier molecular flexibility index (Phi) is 11.0. The van der Waals surface area contributed by atoms with E-state index in [0.717, 1.165) is 12.1 Å². The van der Waals surface area contributed by atoms with Gasteiger partial charge in [0.05, 0.1) is 16.1 Å². The molecule has 3 aromatic carbocycles. The summed E-state index contributed by atoms with van der Waals surface area (Å²) >= 11 is 6.37. The minimum absolute atomic E-state index is 0.132. The fraction of sp³-hybridized carbons (Fsp3) is 0.333. The van der Waals surface area contributed by atoms with E-state index in [1.807, 2.05) is 13.8 Å². The molecule has 12 heteroatoms. The van der Waals surface area contributed by atoms with E-state index in [1.54, 1.807) is 37.3 Å². The second-order valence-corrected chi connectivity index (χ2v) is 12.0. The molecule has 0 aliphatic rings. The van der Waals surface area contributed by atoms with Crippen LogP contribution in [0.5, 0.6) is 0 Å². The van der Waals surface area contributed by atoms with Crippen molar-refractivity contribution in [3.8, 4) is 0 Å². The molecule has 0 bridgehead atoms. The lowest BCUT2D eigenvalue weighted by atomic mass is 10.1. The molecule has 0 radical (unpaired) electrons. The topological polar surface area (TPSA) is 86.8 Å². The van der Waals surface area contributed by atoms with Gasteiger partial charge in [-0.15, -0.1) is 0 Å². The molecule has 0 spiro atoms. The summed E-state index contributed by atoms with van der Waals surface area (Å²) in [5.74, 6) is -1.23. The van der Waals surface area contributed by atoms with Gasteiger partial charge in [0.15, 0.2) is 0 Å². The van der Waals surface area contributed by atoms with Crippen LogP contribution in [0.4, 0.5) is 18.9 Å². The molecule has 0 aliphatic carbocycles. The van der Waals surface area contributed by atoms with Crippen LogP contribution in [0.1, 0.15) is 44.7 Å². The summed E-state index contributed by atoms with van der Waals surface area (Å²) in [5, 5.41) is 3.19. The van der Waals surface area contributed by atoms with Crippen molar-refractivity contribution in [2.75, 3.05) is 10.8 Å². The first-order valence-corrected chi connectivity index (χ1v) is 15.2. The van der Waals surface area contributed by atoms with Crippen molar-refractivity contribution in [1.29, 1.82) is 0 Å². The van der Waals surface area contributed by atoms with E-state index in [9.17, 15) is 31.2 Å². The van der Waals surface area contributed by atoms with Gasteiger partial charge >= 0.3 is 6.18 Å². The summed E-state index contributed by atoms with van der Waals surface area (Å²) in [6.07, 6.45) is -3.92. The van der Waals surface area contributed by atoms with E-state index in [1.165, 1.54) is 35.2 Å². The fourth-order valence-electron chi connectivity index (χ4n) is 4.26. The Morgan fingerprint density at radius 2 is 1.57 bits per heavy atom. The van der Waals surface area contributed by atoms with Crippen LogP contribution >= 0.6 is 11.6 Å². The number of halogens is 4. The van der Waals surface area contributed by atoms with Crippen molar-refractivity contribution < 1.29 is 31.2 Å². The van der Waals surface area contributed by atoms with Crippen molar-refractivity contribution in [1.82, 2.24) is 10.2 Å². The molecule has 0 aromatic heterocycles. The van der Waals surface area contributed by atoms with Gasteiger partial charge in [-0.3, -0.25) is 13.9 Å². The van der Waals surface area contributed by atoms with Crippen molar-refractivity contribution >= 4 is 39.1 Å². The molecule has 2 atom stereocenters. The number of anilines is 1. The second kappa shape index (κ2) is 14.1. The molecule has 0 unspecified atom stereocenters. The normalized spacial score (nSPS) is 13.2. The third-order valence-corrected chi connectivity index (χ3v) is 8.91. The molecule has 1 N–H and O–H groups in total. The number of carbonyl (C=O) groups is 2. The van der Waals surface area contributed by atoms with Gasteiger partial charge in [-0.25, -0.2) is 8.42 Å². The van der Waals surface area contributed by atoms with Crippen LogP contribution in [0, 0.1) is 0 Å². The molecule has 3 aromatic rings. The van der Waals surface area contributed by atoms with Gasteiger partial charge in [0.1, 0.15) is 12.6 Å². The molecule has 0 saturated heterocycles. The van der Waals surface area contributed by atoms with Crippen molar-refractivity contribution in [2.24, 2.45) is 0 Å². The quantitative estimate of drug-likeness (QED) is 0.257. The summed E-state index contributed by atoms with van der Waals surface area (Å²) in [5.41, 5.74) is -0.913. The first kappa shape index (κ1) is 32.9. The summed E-state index contributed by atoms with van der Waals surface area (Å²) < 4.78 is 69.0. The fourth-order valence-corrected chi connectivity index (χ4v) is 5.88. The number of hydrogen-bond acceptors (Lipinski definition) is 4.